The highest BCUT2D eigenvalue weighted by Crippen LogP contribution is 2.35. The lowest BCUT2D eigenvalue weighted by molar-refractivity contribution is -0.142. The normalized spacial score (nSPS) is 11.9. The van der Waals surface area contributed by atoms with E-state index in [1.54, 1.807) is 12.6 Å². The molecular weight excluding hydrogens is 779 g/mol. The third-order valence-electron chi connectivity index (χ3n) is 6.28. The molecule has 3 aromatic heterocycles. The minimum Gasteiger partial charge on any atom is -0.439 e. The number of ether oxygens (including phenoxy) is 2. The molecule has 0 atom stereocenters. The summed E-state index contributed by atoms with van der Waals surface area (Å²) >= 11 is 16.8. The Morgan fingerprint density at radius 1 is 0.717 bits per heavy atom. The first kappa shape index (κ1) is 40.4. The highest BCUT2D eigenvalue weighted by atomic mass is 35.5. The van der Waals surface area contributed by atoms with Crippen molar-refractivity contribution in [1.29, 1.82) is 0 Å². The number of nitrogens with zero attached hydrogens (tertiary/aromatic N) is 7. The summed E-state index contributed by atoms with van der Waals surface area (Å²) < 4.78 is 90.6. The molecule has 0 saturated heterocycles. The molecule has 0 saturated carbocycles. The van der Waals surface area contributed by atoms with Gasteiger partial charge in [-0.1, -0.05) is 23.2 Å². The monoisotopic (exact) mass is 799 g/mol. The second-order valence-corrected chi connectivity index (χ2v) is 11.2. The third kappa shape index (κ3) is 12.4. The average molecular weight is 801 g/mol. The van der Waals surface area contributed by atoms with Crippen LogP contribution >= 0.6 is 34.8 Å². The number of benzene rings is 2. The number of hydrogen-bond donors (Lipinski definition) is 0. The van der Waals surface area contributed by atoms with Gasteiger partial charge in [0.2, 0.25) is 11.8 Å². The summed E-state index contributed by atoms with van der Waals surface area (Å²) in [7, 11) is 0. The molecule has 20 heteroatoms. The van der Waals surface area contributed by atoms with Gasteiger partial charge in [0.05, 0.1) is 18.0 Å². The van der Waals surface area contributed by atoms with E-state index < -0.39 is 52.3 Å². The lowest BCUT2D eigenvalue weighted by Crippen LogP contribution is -2.19. The summed E-state index contributed by atoms with van der Waals surface area (Å²) in [6.45, 7) is 0.391. The zero-order valence-electron chi connectivity index (χ0n) is 26.5. The highest BCUT2D eigenvalue weighted by molar-refractivity contribution is 6.31. The van der Waals surface area contributed by atoms with Crippen LogP contribution in [0.5, 0.6) is 23.3 Å². The van der Waals surface area contributed by atoms with Crippen LogP contribution in [0.2, 0.25) is 10.0 Å². The van der Waals surface area contributed by atoms with Crippen LogP contribution < -0.4 is 9.47 Å². The average Bonchev–Trinajstić information content (AvgIpc) is 3.88. The van der Waals surface area contributed by atoms with Gasteiger partial charge in [-0.15, -0.1) is 11.6 Å². The van der Waals surface area contributed by atoms with Gasteiger partial charge in [0.15, 0.2) is 23.0 Å². The SMILES string of the molecule is C1=NC=NC1.O=C(CCl)c1ccc(Oc2ccc(Cl)cc2)nc1C(F)(F)F.O=C(Cn1cncn1)c1ccc(Oc2ccc(Cl)cc2)nc1C(F)(F)F. The summed E-state index contributed by atoms with van der Waals surface area (Å²) in [6, 6.07) is 16.4. The van der Waals surface area contributed by atoms with E-state index in [0.29, 0.717) is 10.0 Å². The molecule has 0 aliphatic carbocycles. The molecule has 0 amide bonds. The van der Waals surface area contributed by atoms with E-state index in [0.717, 1.165) is 23.4 Å². The molecule has 2 aromatic carbocycles. The van der Waals surface area contributed by atoms with E-state index in [-0.39, 0.29) is 29.8 Å². The first-order valence-corrected chi connectivity index (χ1v) is 15.9. The van der Waals surface area contributed by atoms with Crippen LogP contribution in [0.4, 0.5) is 26.3 Å². The van der Waals surface area contributed by atoms with Crippen molar-refractivity contribution in [2.24, 2.45) is 9.98 Å². The van der Waals surface area contributed by atoms with Crippen LogP contribution in [0.1, 0.15) is 32.1 Å². The number of pyridine rings is 2. The smallest absolute Gasteiger partial charge is 0.434 e. The summed E-state index contributed by atoms with van der Waals surface area (Å²) in [4.78, 5) is 41.5. The molecule has 6 rings (SSSR count). The number of Topliss-reactive ketones (excluding diaryl/α,β-unsaturated/α-hetero) is 2. The van der Waals surface area contributed by atoms with Crippen molar-refractivity contribution in [3.05, 3.63) is 118 Å². The molecule has 11 nitrogen and oxygen atoms in total. The van der Waals surface area contributed by atoms with Gasteiger partial charge in [0, 0.05) is 34.0 Å². The van der Waals surface area contributed by atoms with Gasteiger partial charge in [-0.05, 0) is 60.7 Å². The second kappa shape index (κ2) is 18.4. The second-order valence-electron chi connectivity index (χ2n) is 10.1. The van der Waals surface area contributed by atoms with Gasteiger partial charge >= 0.3 is 12.4 Å². The number of halogens is 9. The Hall–Kier alpha value is -5.39. The van der Waals surface area contributed by atoms with Gasteiger partial charge in [-0.3, -0.25) is 14.6 Å². The Balaban J connectivity index is 0.000000211. The molecule has 1 aliphatic rings. The summed E-state index contributed by atoms with van der Waals surface area (Å²) in [5, 5.41) is 4.61. The van der Waals surface area contributed by atoms with E-state index in [1.807, 2.05) is 0 Å². The van der Waals surface area contributed by atoms with Crippen LogP contribution in [0.25, 0.3) is 0 Å². The standard InChI is InChI=1S/C16H10ClF3N4O2.C14H8Cl2F3NO2.C3H4N2/c17-10-1-3-11(4-2-10)26-14-6-5-12(15(23-14)16(18,19)20)13(25)7-24-9-21-8-22-24;15-7-11(21)10-5-6-12(20-13(10)14(17,18)19)22-9-3-1-8(16)2-4-9;1-2-5-3-4-1/h1-6,8-9H,7H2;1-6H,7H2;1,3H,2H2. The van der Waals surface area contributed by atoms with Crippen LogP contribution in [0.15, 0.2) is 95.4 Å². The van der Waals surface area contributed by atoms with Crippen LogP contribution in [0, 0.1) is 0 Å². The van der Waals surface area contributed by atoms with Crippen LogP contribution in [0.3, 0.4) is 0 Å². The molecule has 5 aromatic rings. The number of alkyl halides is 7. The molecule has 0 radical (unpaired) electrons. The Morgan fingerprint density at radius 3 is 1.57 bits per heavy atom. The van der Waals surface area contributed by atoms with Crippen molar-refractivity contribution in [3.8, 4) is 23.3 Å². The van der Waals surface area contributed by atoms with Gasteiger partial charge < -0.3 is 9.47 Å². The fraction of sp³-hybridized carbons (Fsp3) is 0.152. The summed E-state index contributed by atoms with van der Waals surface area (Å²) in [5.41, 5.74) is -3.82. The zero-order chi connectivity index (χ0) is 38.6. The minimum absolute atomic E-state index is 0.261. The van der Waals surface area contributed by atoms with Crippen molar-refractivity contribution in [3.63, 3.8) is 0 Å². The molecule has 1 aliphatic heterocycles. The number of rotatable bonds is 9. The van der Waals surface area contributed by atoms with E-state index >= 15 is 0 Å². The quantitative estimate of drug-likeness (QED) is 0.0819. The van der Waals surface area contributed by atoms with Crippen LogP contribution in [-0.4, -0.2) is 61.3 Å². The third-order valence-corrected chi connectivity index (χ3v) is 7.03. The molecule has 4 heterocycles. The van der Waals surface area contributed by atoms with Crippen molar-refractivity contribution in [2.45, 2.75) is 18.9 Å². The predicted octanol–water partition coefficient (Wildman–Crippen LogP) is 9.09. The Kier molecular flexibility index (Phi) is 14.0. The number of hydrogen-bond acceptors (Lipinski definition) is 10. The Morgan fingerprint density at radius 2 is 1.21 bits per heavy atom. The van der Waals surface area contributed by atoms with Crippen molar-refractivity contribution < 1.29 is 45.4 Å². The van der Waals surface area contributed by atoms with Gasteiger partial charge in [0.1, 0.15) is 37.0 Å². The fourth-order valence-corrected chi connectivity index (χ4v) is 4.38. The molecular formula is C33H22Cl3F6N7O4. The first-order chi connectivity index (χ1) is 25.1. The zero-order valence-corrected chi connectivity index (χ0v) is 28.8. The number of aromatic nitrogens is 5. The number of ketones is 2. The van der Waals surface area contributed by atoms with E-state index in [9.17, 15) is 35.9 Å². The number of carbonyl (C=O) groups excluding carboxylic acids is 2. The molecule has 0 unspecified atom stereocenters. The number of carbonyl (C=O) groups is 2. The molecule has 0 fully saturated rings. The maximum Gasteiger partial charge on any atom is 0.434 e. The maximum absolute atomic E-state index is 13.3. The largest absolute Gasteiger partial charge is 0.439 e. The predicted molar refractivity (Wildman–Crippen MR) is 183 cm³/mol. The van der Waals surface area contributed by atoms with E-state index in [2.05, 4.69) is 30.0 Å². The Bertz CT molecular complexity index is 2050. The lowest BCUT2D eigenvalue weighted by atomic mass is 10.1. The highest BCUT2D eigenvalue weighted by Gasteiger charge is 2.38. The molecule has 0 N–H and O–H groups in total. The van der Waals surface area contributed by atoms with Crippen molar-refractivity contribution >= 4 is 58.9 Å². The van der Waals surface area contributed by atoms with E-state index in [1.165, 1.54) is 73.3 Å². The van der Waals surface area contributed by atoms with Gasteiger partial charge in [0.25, 0.3) is 0 Å². The van der Waals surface area contributed by atoms with Gasteiger partial charge in [-0.25, -0.2) is 24.6 Å². The topological polar surface area (TPSA) is 134 Å². The summed E-state index contributed by atoms with van der Waals surface area (Å²) in [5.74, 6) is -2.29. The fourth-order valence-electron chi connectivity index (χ4n) is 3.98. The lowest BCUT2D eigenvalue weighted by Gasteiger charge is -2.13. The maximum atomic E-state index is 13.3. The first-order valence-electron chi connectivity index (χ1n) is 14.6. The molecule has 0 spiro atoms. The molecule has 276 valence electrons. The Labute approximate surface area is 310 Å². The van der Waals surface area contributed by atoms with Crippen molar-refractivity contribution in [2.75, 3.05) is 12.4 Å². The molecule has 53 heavy (non-hydrogen) atoms. The van der Waals surface area contributed by atoms with Crippen molar-refractivity contribution in [1.82, 2.24) is 24.7 Å². The minimum atomic E-state index is -4.83. The van der Waals surface area contributed by atoms with E-state index in [4.69, 9.17) is 44.3 Å². The number of aliphatic imine (C=N–C) groups is 2. The van der Waals surface area contributed by atoms with Crippen LogP contribution in [-0.2, 0) is 18.9 Å². The molecule has 0 bridgehead atoms. The van der Waals surface area contributed by atoms with Gasteiger partial charge in [-0.2, -0.15) is 31.4 Å². The summed E-state index contributed by atoms with van der Waals surface area (Å²) in [6.07, 6.45) is -3.89.